The summed E-state index contributed by atoms with van der Waals surface area (Å²) in [5, 5.41) is 7.06. The van der Waals surface area contributed by atoms with Crippen molar-refractivity contribution in [2.45, 2.75) is 13.8 Å². The molecule has 0 radical (unpaired) electrons. The van der Waals surface area contributed by atoms with Crippen molar-refractivity contribution in [3.05, 3.63) is 35.1 Å². The molecular formula is C14H17ClN4O. The van der Waals surface area contributed by atoms with Crippen LogP contribution in [0.1, 0.15) is 12.5 Å². The largest absolute Gasteiger partial charge is 0.495 e. The van der Waals surface area contributed by atoms with Gasteiger partial charge in [-0.15, -0.1) is 0 Å². The molecule has 0 amide bonds. The van der Waals surface area contributed by atoms with Crippen molar-refractivity contribution in [2.75, 3.05) is 24.3 Å². The third-order valence-electron chi connectivity index (χ3n) is 2.84. The molecule has 0 fully saturated rings. The van der Waals surface area contributed by atoms with E-state index in [1.165, 1.54) is 6.33 Å². The van der Waals surface area contributed by atoms with Crippen LogP contribution in [-0.2, 0) is 0 Å². The maximum atomic E-state index is 6.02. The smallest absolute Gasteiger partial charge is 0.142 e. The summed E-state index contributed by atoms with van der Waals surface area (Å²) in [6.45, 7) is 4.78. The number of aromatic nitrogens is 2. The van der Waals surface area contributed by atoms with Crippen LogP contribution in [0, 0.1) is 6.92 Å². The van der Waals surface area contributed by atoms with Gasteiger partial charge in [0.1, 0.15) is 23.7 Å². The predicted octanol–water partition coefficient (Wildman–Crippen LogP) is 3.62. The maximum absolute atomic E-state index is 6.02. The molecular weight excluding hydrogens is 276 g/mol. The number of hydrogen-bond donors (Lipinski definition) is 2. The first-order valence-corrected chi connectivity index (χ1v) is 6.69. The van der Waals surface area contributed by atoms with Gasteiger partial charge >= 0.3 is 0 Å². The fourth-order valence-corrected chi connectivity index (χ4v) is 2.00. The Balaban J connectivity index is 2.35. The lowest BCUT2D eigenvalue weighted by atomic mass is 10.2. The van der Waals surface area contributed by atoms with Crippen LogP contribution in [-0.4, -0.2) is 23.6 Å². The standard InChI is InChI=1S/C14H17ClN4O/c1-4-16-13-9(2)14(18-8-17-13)19-11-7-10(15)5-6-12(11)20-3/h5-8H,4H2,1-3H3,(H2,16,17,18,19). The fourth-order valence-electron chi connectivity index (χ4n) is 1.83. The van der Waals surface area contributed by atoms with Crippen LogP contribution in [0.25, 0.3) is 0 Å². The number of halogens is 1. The molecule has 0 saturated carbocycles. The first-order valence-electron chi connectivity index (χ1n) is 6.31. The van der Waals surface area contributed by atoms with Crippen LogP contribution in [0.3, 0.4) is 0 Å². The van der Waals surface area contributed by atoms with Gasteiger partial charge in [-0.3, -0.25) is 0 Å². The summed E-state index contributed by atoms with van der Waals surface area (Å²) in [4.78, 5) is 8.47. The molecule has 0 aliphatic heterocycles. The van der Waals surface area contributed by atoms with Gasteiger partial charge in [-0.2, -0.15) is 0 Å². The van der Waals surface area contributed by atoms with Crippen LogP contribution in [0.2, 0.25) is 5.02 Å². The zero-order valence-electron chi connectivity index (χ0n) is 11.7. The van der Waals surface area contributed by atoms with Crippen molar-refractivity contribution in [1.82, 2.24) is 9.97 Å². The molecule has 1 aromatic carbocycles. The number of ether oxygens (including phenoxy) is 1. The average Bonchev–Trinajstić information content (AvgIpc) is 2.44. The number of methoxy groups -OCH3 is 1. The molecule has 1 aromatic heterocycles. The van der Waals surface area contributed by atoms with E-state index < -0.39 is 0 Å². The highest BCUT2D eigenvalue weighted by Crippen LogP contribution is 2.31. The van der Waals surface area contributed by atoms with E-state index in [1.807, 2.05) is 19.9 Å². The van der Waals surface area contributed by atoms with Gasteiger partial charge < -0.3 is 15.4 Å². The van der Waals surface area contributed by atoms with Gasteiger partial charge in [0.05, 0.1) is 12.8 Å². The number of nitrogens with zero attached hydrogens (tertiary/aromatic N) is 2. The van der Waals surface area contributed by atoms with E-state index in [0.29, 0.717) is 10.8 Å². The molecule has 20 heavy (non-hydrogen) atoms. The second kappa shape index (κ2) is 6.43. The molecule has 0 bridgehead atoms. The summed E-state index contributed by atoms with van der Waals surface area (Å²) in [5.74, 6) is 2.24. The van der Waals surface area contributed by atoms with Crippen LogP contribution in [0.4, 0.5) is 17.3 Å². The third kappa shape index (κ3) is 3.11. The summed E-state index contributed by atoms with van der Waals surface area (Å²) in [6, 6.07) is 5.39. The fraction of sp³-hybridized carbons (Fsp3) is 0.286. The molecule has 5 nitrogen and oxygen atoms in total. The van der Waals surface area contributed by atoms with Crippen LogP contribution in [0.15, 0.2) is 24.5 Å². The Kier molecular flexibility index (Phi) is 4.63. The lowest BCUT2D eigenvalue weighted by Gasteiger charge is -2.14. The maximum Gasteiger partial charge on any atom is 0.142 e. The number of rotatable bonds is 5. The Morgan fingerprint density at radius 2 is 2.00 bits per heavy atom. The molecule has 0 aliphatic carbocycles. The third-order valence-corrected chi connectivity index (χ3v) is 3.08. The summed E-state index contributed by atoms with van der Waals surface area (Å²) in [6.07, 6.45) is 1.52. The van der Waals surface area contributed by atoms with E-state index in [9.17, 15) is 0 Å². The quantitative estimate of drug-likeness (QED) is 0.881. The SMILES string of the molecule is CCNc1ncnc(Nc2cc(Cl)ccc2OC)c1C. The van der Waals surface area contributed by atoms with Crippen LogP contribution in [0.5, 0.6) is 5.75 Å². The topological polar surface area (TPSA) is 59.1 Å². The number of anilines is 3. The van der Waals surface area contributed by atoms with Crippen molar-refractivity contribution >= 4 is 28.9 Å². The highest BCUT2D eigenvalue weighted by molar-refractivity contribution is 6.31. The average molecular weight is 293 g/mol. The molecule has 0 unspecified atom stereocenters. The molecule has 6 heteroatoms. The zero-order valence-corrected chi connectivity index (χ0v) is 12.5. The second-order valence-corrected chi connectivity index (χ2v) is 4.63. The monoisotopic (exact) mass is 292 g/mol. The van der Waals surface area contributed by atoms with Crippen molar-refractivity contribution in [3.8, 4) is 5.75 Å². The van der Waals surface area contributed by atoms with Crippen LogP contribution >= 0.6 is 11.6 Å². The van der Waals surface area contributed by atoms with E-state index >= 15 is 0 Å². The lowest BCUT2D eigenvalue weighted by molar-refractivity contribution is 0.417. The molecule has 2 aromatic rings. The minimum Gasteiger partial charge on any atom is -0.495 e. The highest BCUT2D eigenvalue weighted by atomic mass is 35.5. The number of nitrogens with one attached hydrogen (secondary N) is 2. The Hall–Kier alpha value is -2.01. The van der Waals surface area contributed by atoms with E-state index in [0.717, 1.165) is 29.4 Å². The van der Waals surface area contributed by atoms with Crippen molar-refractivity contribution < 1.29 is 4.74 Å². The first kappa shape index (κ1) is 14.4. The Labute approximate surface area is 123 Å². The van der Waals surface area contributed by atoms with Gasteiger partial charge in [0, 0.05) is 17.1 Å². The van der Waals surface area contributed by atoms with Gasteiger partial charge in [0.2, 0.25) is 0 Å². The van der Waals surface area contributed by atoms with E-state index in [1.54, 1.807) is 19.2 Å². The van der Waals surface area contributed by atoms with Gasteiger partial charge in [0.15, 0.2) is 0 Å². The minimum absolute atomic E-state index is 0.631. The predicted molar refractivity (Wildman–Crippen MR) is 82.2 cm³/mol. The zero-order chi connectivity index (χ0) is 14.5. The Bertz CT molecular complexity index is 604. The molecule has 1 heterocycles. The van der Waals surface area contributed by atoms with Gasteiger partial charge in [-0.25, -0.2) is 9.97 Å². The molecule has 2 N–H and O–H groups in total. The molecule has 0 saturated heterocycles. The van der Waals surface area contributed by atoms with Gasteiger partial charge in [-0.05, 0) is 32.0 Å². The summed E-state index contributed by atoms with van der Waals surface area (Å²) >= 11 is 6.02. The normalized spacial score (nSPS) is 10.2. The molecule has 0 atom stereocenters. The lowest BCUT2D eigenvalue weighted by Crippen LogP contribution is -2.06. The van der Waals surface area contributed by atoms with E-state index in [4.69, 9.17) is 16.3 Å². The Morgan fingerprint density at radius 1 is 1.25 bits per heavy atom. The number of hydrogen-bond acceptors (Lipinski definition) is 5. The van der Waals surface area contributed by atoms with E-state index in [-0.39, 0.29) is 0 Å². The first-order chi connectivity index (χ1) is 9.65. The van der Waals surface area contributed by atoms with Crippen molar-refractivity contribution in [1.29, 1.82) is 0 Å². The molecule has 0 spiro atoms. The number of benzene rings is 1. The van der Waals surface area contributed by atoms with Crippen LogP contribution < -0.4 is 15.4 Å². The molecule has 2 rings (SSSR count). The Morgan fingerprint density at radius 3 is 2.70 bits per heavy atom. The minimum atomic E-state index is 0.631. The van der Waals surface area contributed by atoms with Crippen molar-refractivity contribution in [2.24, 2.45) is 0 Å². The summed E-state index contributed by atoms with van der Waals surface area (Å²) < 4.78 is 5.31. The van der Waals surface area contributed by atoms with Gasteiger partial charge in [-0.1, -0.05) is 11.6 Å². The second-order valence-electron chi connectivity index (χ2n) is 4.20. The van der Waals surface area contributed by atoms with Crippen molar-refractivity contribution in [3.63, 3.8) is 0 Å². The summed E-state index contributed by atoms with van der Waals surface area (Å²) in [7, 11) is 1.62. The van der Waals surface area contributed by atoms with E-state index in [2.05, 4.69) is 20.6 Å². The molecule has 0 aliphatic rings. The summed E-state index contributed by atoms with van der Waals surface area (Å²) in [5.41, 5.74) is 1.71. The van der Waals surface area contributed by atoms with Gasteiger partial charge in [0.25, 0.3) is 0 Å². The highest BCUT2D eigenvalue weighted by Gasteiger charge is 2.09. The molecule has 106 valence electrons.